The number of carbonyl (C=O) groups is 2. The van der Waals surface area contributed by atoms with E-state index in [2.05, 4.69) is 18.7 Å². The summed E-state index contributed by atoms with van der Waals surface area (Å²) in [7, 11) is 0. The number of ketones is 1. The fourth-order valence-electron chi connectivity index (χ4n) is 4.92. The number of ether oxygens (including phenoxy) is 1. The molecule has 1 heterocycles. The predicted molar refractivity (Wildman–Crippen MR) is 129 cm³/mol. The maximum atomic E-state index is 13.8. The lowest BCUT2D eigenvalue weighted by Crippen LogP contribution is -2.48. The average Bonchev–Trinajstić information content (AvgIpc) is 2.75. The van der Waals surface area contributed by atoms with Crippen molar-refractivity contribution in [1.82, 2.24) is 4.90 Å². The molecule has 2 aliphatic rings. The maximum absolute atomic E-state index is 13.8. The van der Waals surface area contributed by atoms with Gasteiger partial charge in [-0.1, -0.05) is 20.8 Å². The van der Waals surface area contributed by atoms with E-state index in [0.29, 0.717) is 42.6 Å². The van der Waals surface area contributed by atoms with Gasteiger partial charge in [0, 0.05) is 32.2 Å². The summed E-state index contributed by atoms with van der Waals surface area (Å²) in [6.45, 7) is 10.2. The molecule has 1 aliphatic heterocycles. The van der Waals surface area contributed by atoms with Crippen LogP contribution in [0, 0.1) is 23.1 Å². The van der Waals surface area contributed by atoms with Gasteiger partial charge in [-0.2, -0.15) is 0 Å². The van der Waals surface area contributed by atoms with Crippen LogP contribution in [0.3, 0.4) is 0 Å². The second kappa shape index (κ2) is 13.1. The van der Waals surface area contributed by atoms with Crippen molar-refractivity contribution in [1.29, 1.82) is 0 Å². The van der Waals surface area contributed by atoms with Gasteiger partial charge in [-0.05, 0) is 81.3 Å². The van der Waals surface area contributed by atoms with Crippen molar-refractivity contribution in [2.45, 2.75) is 79.1 Å². The van der Waals surface area contributed by atoms with Crippen LogP contribution in [0.15, 0.2) is 18.2 Å². The monoisotopic (exact) mass is 463 g/mol. The Hall–Kier alpha value is -1.95. The first kappa shape index (κ1) is 27.3. The standard InChI is InChI=1S/C24H34FNO3.C3H8O/c1-17(2)13-23(28)26-10-8-24(9-11-26)15-19(16-24)5-4-12-29-20-6-7-21(18(3)27)22(25)14-20;1-2-3-4/h6-7,14,17,19H,4-5,8-13,15-16H2,1-3H3;4H,2-3H2,1H3. The highest BCUT2D eigenvalue weighted by atomic mass is 19.1. The Morgan fingerprint density at radius 3 is 2.39 bits per heavy atom. The van der Waals surface area contributed by atoms with Gasteiger partial charge in [0.05, 0.1) is 12.2 Å². The second-order valence-electron chi connectivity index (χ2n) is 10.2. The van der Waals surface area contributed by atoms with Crippen LogP contribution in [0.25, 0.3) is 0 Å². The zero-order valence-electron chi connectivity index (χ0n) is 20.9. The Morgan fingerprint density at radius 1 is 1.24 bits per heavy atom. The number of amides is 1. The molecule has 0 bridgehead atoms. The van der Waals surface area contributed by atoms with E-state index in [-0.39, 0.29) is 11.3 Å². The zero-order valence-corrected chi connectivity index (χ0v) is 20.9. The molecule has 0 atom stereocenters. The summed E-state index contributed by atoms with van der Waals surface area (Å²) in [6, 6.07) is 4.44. The van der Waals surface area contributed by atoms with Crippen molar-refractivity contribution >= 4 is 11.7 Å². The number of nitrogens with zero attached hydrogens (tertiary/aromatic N) is 1. The van der Waals surface area contributed by atoms with Crippen molar-refractivity contribution < 1.29 is 23.8 Å². The fourth-order valence-corrected chi connectivity index (χ4v) is 4.92. The first-order valence-electron chi connectivity index (χ1n) is 12.5. The SMILES string of the molecule is CC(=O)c1ccc(OCCCC2CC3(CCN(C(=O)CC(C)C)CC3)C2)cc1F.CCCO. The summed E-state index contributed by atoms with van der Waals surface area (Å²) in [6.07, 6.45) is 8.44. The van der Waals surface area contributed by atoms with Gasteiger partial charge in [0.1, 0.15) is 11.6 Å². The molecule has 1 spiro atoms. The predicted octanol–water partition coefficient (Wildman–Crippen LogP) is 5.64. The van der Waals surface area contributed by atoms with E-state index in [1.807, 2.05) is 6.92 Å². The van der Waals surface area contributed by atoms with Crippen molar-refractivity contribution in [2.24, 2.45) is 17.3 Å². The number of aliphatic hydroxyl groups is 1. The number of Topliss-reactive ketones (excluding diaryl/α,β-unsaturated/α-hetero) is 1. The lowest BCUT2D eigenvalue weighted by atomic mass is 9.56. The molecule has 1 aromatic rings. The van der Waals surface area contributed by atoms with Crippen LogP contribution in [0.5, 0.6) is 5.75 Å². The number of hydrogen-bond donors (Lipinski definition) is 1. The summed E-state index contributed by atoms with van der Waals surface area (Å²) in [5.41, 5.74) is 0.570. The number of rotatable bonds is 9. The summed E-state index contributed by atoms with van der Waals surface area (Å²) < 4.78 is 19.5. The fraction of sp³-hybridized carbons (Fsp3) is 0.704. The van der Waals surface area contributed by atoms with Crippen LogP contribution in [0.4, 0.5) is 4.39 Å². The van der Waals surface area contributed by atoms with E-state index >= 15 is 0 Å². The van der Waals surface area contributed by atoms with Gasteiger partial charge in [0.25, 0.3) is 0 Å². The van der Waals surface area contributed by atoms with Crippen molar-refractivity contribution in [3.05, 3.63) is 29.6 Å². The molecule has 3 rings (SSSR count). The highest BCUT2D eigenvalue weighted by Gasteiger charge is 2.45. The third-order valence-corrected chi connectivity index (χ3v) is 6.77. The zero-order chi connectivity index (χ0) is 24.4. The van der Waals surface area contributed by atoms with Crippen molar-refractivity contribution in [2.75, 3.05) is 26.3 Å². The topological polar surface area (TPSA) is 66.8 Å². The Morgan fingerprint density at radius 2 is 1.88 bits per heavy atom. The molecule has 0 unspecified atom stereocenters. The van der Waals surface area contributed by atoms with E-state index < -0.39 is 5.82 Å². The quantitative estimate of drug-likeness (QED) is 0.380. The van der Waals surface area contributed by atoms with Gasteiger partial charge in [0.15, 0.2) is 5.78 Å². The summed E-state index contributed by atoms with van der Waals surface area (Å²) >= 11 is 0. The van der Waals surface area contributed by atoms with Crippen LogP contribution in [0.1, 0.15) is 89.4 Å². The normalized spacial score (nSPS) is 17.4. The molecular weight excluding hydrogens is 421 g/mol. The number of halogens is 1. The van der Waals surface area contributed by atoms with Gasteiger partial charge >= 0.3 is 0 Å². The Balaban J connectivity index is 0.000000890. The first-order chi connectivity index (χ1) is 15.7. The van der Waals surface area contributed by atoms with Gasteiger partial charge in [-0.3, -0.25) is 9.59 Å². The molecule has 1 amide bonds. The molecule has 1 saturated heterocycles. The molecule has 0 aromatic heterocycles. The van der Waals surface area contributed by atoms with E-state index in [4.69, 9.17) is 9.84 Å². The van der Waals surface area contributed by atoms with Gasteiger partial charge in [-0.25, -0.2) is 4.39 Å². The minimum Gasteiger partial charge on any atom is -0.493 e. The van der Waals surface area contributed by atoms with E-state index in [1.54, 1.807) is 6.07 Å². The molecule has 1 aliphatic carbocycles. The lowest BCUT2D eigenvalue weighted by Gasteiger charge is -2.52. The van der Waals surface area contributed by atoms with Crippen LogP contribution < -0.4 is 4.74 Å². The van der Waals surface area contributed by atoms with Crippen LogP contribution in [0.2, 0.25) is 0 Å². The number of benzene rings is 1. The molecule has 6 heteroatoms. The molecule has 5 nitrogen and oxygen atoms in total. The molecule has 0 radical (unpaired) electrons. The Bertz CT molecular complexity index is 761. The molecular formula is C27H42FNO4. The van der Waals surface area contributed by atoms with Crippen LogP contribution in [-0.4, -0.2) is 48.0 Å². The minimum atomic E-state index is -0.519. The third-order valence-electron chi connectivity index (χ3n) is 6.77. The van der Waals surface area contributed by atoms with E-state index in [9.17, 15) is 14.0 Å². The number of aliphatic hydroxyl groups excluding tert-OH is 1. The van der Waals surface area contributed by atoms with Crippen molar-refractivity contribution in [3.8, 4) is 5.75 Å². The smallest absolute Gasteiger partial charge is 0.222 e. The minimum absolute atomic E-state index is 0.106. The molecule has 1 N–H and O–H groups in total. The lowest BCUT2D eigenvalue weighted by molar-refractivity contribution is -0.136. The number of piperidine rings is 1. The van der Waals surface area contributed by atoms with Crippen molar-refractivity contribution in [3.63, 3.8) is 0 Å². The number of hydrogen-bond acceptors (Lipinski definition) is 4. The van der Waals surface area contributed by atoms with Gasteiger partial charge < -0.3 is 14.7 Å². The summed E-state index contributed by atoms with van der Waals surface area (Å²) in [5.74, 6) is 1.18. The van der Waals surface area contributed by atoms with E-state index in [0.717, 1.165) is 51.1 Å². The van der Waals surface area contributed by atoms with E-state index in [1.165, 1.54) is 31.9 Å². The number of likely N-dealkylation sites (tertiary alicyclic amines) is 1. The number of carbonyl (C=O) groups excluding carboxylic acids is 2. The summed E-state index contributed by atoms with van der Waals surface area (Å²) in [4.78, 5) is 25.6. The van der Waals surface area contributed by atoms with Gasteiger partial charge in [-0.15, -0.1) is 0 Å². The third kappa shape index (κ3) is 8.40. The highest BCUT2D eigenvalue weighted by molar-refractivity contribution is 5.94. The first-order valence-corrected chi connectivity index (χ1v) is 12.5. The van der Waals surface area contributed by atoms with Crippen LogP contribution >= 0.6 is 0 Å². The van der Waals surface area contributed by atoms with Gasteiger partial charge in [0.2, 0.25) is 5.91 Å². The highest BCUT2D eigenvalue weighted by Crippen LogP contribution is 2.54. The maximum Gasteiger partial charge on any atom is 0.222 e. The molecule has 1 saturated carbocycles. The largest absolute Gasteiger partial charge is 0.493 e. The Labute approximate surface area is 198 Å². The molecule has 186 valence electrons. The average molecular weight is 464 g/mol. The molecule has 2 fully saturated rings. The summed E-state index contributed by atoms with van der Waals surface area (Å²) in [5, 5.41) is 7.88. The Kier molecular flexibility index (Phi) is 10.8. The second-order valence-corrected chi connectivity index (χ2v) is 10.2. The molecule has 1 aromatic carbocycles. The van der Waals surface area contributed by atoms with Crippen LogP contribution in [-0.2, 0) is 4.79 Å². The molecule has 33 heavy (non-hydrogen) atoms.